The second kappa shape index (κ2) is 5.47. The summed E-state index contributed by atoms with van der Waals surface area (Å²) in [4.78, 5) is 12.5. The van der Waals surface area contributed by atoms with Crippen LogP contribution in [-0.2, 0) is 4.74 Å². The zero-order valence-corrected chi connectivity index (χ0v) is 11.3. The SMILES string of the molecule is Cc1ccc(OCC2CO2)cc1C(=O)c1ccccc1. The largest absolute Gasteiger partial charge is 0.491 e. The lowest BCUT2D eigenvalue weighted by Gasteiger charge is -2.09. The van der Waals surface area contributed by atoms with Crippen LogP contribution in [0.5, 0.6) is 5.75 Å². The molecule has 0 amide bonds. The molecule has 0 aliphatic carbocycles. The molecule has 1 heterocycles. The number of epoxide rings is 1. The highest BCUT2D eigenvalue weighted by atomic mass is 16.6. The van der Waals surface area contributed by atoms with Crippen molar-refractivity contribution in [2.24, 2.45) is 0 Å². The van der Waals surface area contributed by atoms with Crippen LogP contribution in [0.3, 0.4) is 0 Å². The van der Waals surface area contributed by atoms with Crippen LogP contribution in [-0.4, -0.2) is 25.1 Å². The molecule has 2 aromatic carbocycles. The van der Waals surface area contributed by atoms with Crippen molar-refractivity contribution in [1.29, 1.82) is 0 Å². The van der Waals surface area contributed by atoms with Gasteiger partial charge < -0.3 is 9.47 Å². The minimum atomic E-state index is 0.0243. The van der Waals surface area contributed by atoms with Crippen molar-refractivity contribution < 1.29 is 14.3 Å². The van der Waals surface area contributed by atoms with Gasteiger partial charge in [0.15, 0.2) is 5.78 Å². The molecule has 1 unspecified atom stereocenters. The van der Waals surface area contributed by atoms with Crippen molar-refractivity contribution in [2.45, 2.75) is 13.0 Å². The summed E-state index contributed by atoms with van der Waals surface area (Å²) in [5.41, 5.74) is 2.33. The van der Waals surface area contributed by atoms with E-state index >= 15 is 0 Å². The molecule has 1 fully saturated rings. The van der Waals surface area contributed by atoms with Crippen LogP contribution in [0.15, 0.2) is 48.5 Å². The number of ether oxygens (including phenoxy) is 2. The molecule has 0 spiro atoms. The smallest absolute Gasteiger partial charge is 0.193 e. The van der Waals surface area contributed by atoms with Gasteiger partial charge in [-0.3, -0.25) is 4.79 Å². The Bertz CT molecular complexity index is 615. The first-order valence-corrected chi connectivity index (χ1v) is 6.69. The van der Waals surface area contributed by atoms with Gasteiger partial charge in [0.05, 0.1) is 6.61 Å². The van der Waals surface area contributed by atoms with Crippen molar-refractivity contribution in [3.8, 4) is 5.75 Å². The summed E-state index contributed by atoms with van der Waals surface area (Å²) in [6, 6.07) is 14.9. The molecule has 1 atom stereocenters. The maximum atomic E-state index is 12.5. The molecule has 20 heavy (non-hydrogen) atoms. The van der Waals surface area contributed by atoms with Crippen LogP contribution >= 0.6 is 0 Å². The monoisotopic (exact) mass is 268 g/mol. The fraction of sp³-hybridized carbons (Fsp3) is 0.235. The van der Waals surface area contributed by atoms with Crippen LogP contribution in [0.1, 0.15) is 21.5 Å². The second-order valence-corrected chi connectivity index (χ2v) is 4.94. The van der Waals surface area contributed by atoms with Crippen LogP contribution in [0.4, 0.5) is 0 Å². The van der Waals surface area contributed by atoms with Gasteiger partial charge in [-0.1, -0.05) is 36.4 Å². The molecular weight excluding hydrogens is 252 g/mol. The fourth-order valence-corrected chi connectivity index (χ4v) is 2.03. The van der Waals surface area contributed by atoms with E-state index in [0.717, 1.165) is 12.2 Å². The van der Waals surface area contributed by atoms with Gasteiger partial charge in [-0.15, -0.1) is 0 Å². The van der Waals surface area contributed by atoms with Crippen molar-refractivity contribution in [3.63, 3.8) is 0 Å². The van der Waals surface area contributed by atoms with Crippen LogP contribution in [0.25, 0.3) is 0 Å². The van der Waals surface area contributed by atoms with Crippen LogP contribution in [0.2, 0.25) is 0 Å². The Balaban J connectivity index is 1.83. The topological polar surface area (TPSA) is 38.8 Å². The van der Waals surface area contributed by atoms with Gasteiger partial charge in [0.2, 0.25) is 0 Å². The molecule has 1 aliphatic heterocycles. The number of hydrogen-bond acceptors (Lipinski definition) is 3. The summed E-state index contributed by atoms with van der Waals surface area (Å²) in [7, 11) is 0. The molecule has 0 bridgehead atoms. The van der Waals surface area contributed by atoms with E-state index in [9.17, 15) is 4.79 Å². The third-order valence-electron chi connectivity index (χ3n) is 3.33. The van der Waals surface area contributed by atoms with Gasteiger partial charge in [0.1, 0.15) is 18.5 Å². The van der Waals surface area contributed by atoms with E-state index in [2.05, 4.69) is 0 Å². The van der Waals surface area contributed by atoms with E-state index in [4.69, 9.17) is 9.47 Å². The van der Waals surface area contributed by atoms with Crippen LogP contribution in [0, 0.1) is 6.92 Å². The van der Waals surface area contributed by atoms with E-state index in [1.165, 1.54) is 0 Å². The normalized spacial score (nSPS) is 16.8. The zero-order valence-electron chi connectivity index (χ0n) is 11.3. The quantitative estimate of drug-likeness (QED) is 0.618. The third-order valence-corrected chi connectivity index (χ3v) is 3.33. The van der Waals surface area contributed by atoms with Crippen molar-refractivity contribution >= 4 is 5.78 Å². The molecule has 3 rings (SSSR count). The molecule has 0 saturated carbocycles. The summed E-state index contributed by atoms with van der Waals surface area (Å²) in [6.45, 7) is 3.24. The minimum Gasteiger partial charge on any atom is -0.491 e. The van der Waals surface area contributed by atoms with Gasteiger partial charge >= 0.3 is 0 Å². The first-order chi connectivity index (χ1) is 9.74. The second-order valence-electron chi connectivity index (χ2n) is 4.94. The van der Waals surface area contributed by atoms with Crippen molar-refractivity contribution in [1.82, 2.24) is 0 Å². The average molecular weight is 268 g/mol. The number of hydrogen-bond donors (Lipinski definition) is 0. The molecular formula is C17H16O3. The highest BCUT2D eigenvalue weighted by molar-refractivity contribution is 6.10. The Kier molecular flexibility index (Phi) is 3.52. The Morgan fingerprint density at radius 1 is 1.25 bits per heavy atom. The number of carbonyl (C=O) groups excluding carboxylic acids is 1. The lowest BCUT2D eigenvalue weighted by molar-refractivity contribution is 0.103. The molecule has 0 aromatic heterocycles. The maximum Gasteiger partial charge on any atom is 0.193 e. The minimum absolute atomic E-state index is 0.0243. The van der Waals surface area contributed by atoms with Crippen molar-refractivity contribution in [3.05, 3.63) is 65.2 Å². The fourth-order valence-electron chi connectivity index (χ4n) is 2.03. The summed E-state index contributed by atoms with van der Waals surface area (Å²) >= 11 is 0. The van der Waals surface area contributed by atoms with E-state index in [-0.39, 0.29) is 11.9 Å². The summed E-state index contributed by atoms with van der Waals surface area (Å²) in [5, 5.41) is 0. The zero-order chi connectivity index (χ0) is 13.9. The number of benzene rings is 2. The lowest BCUT2D eigenvalue weighted by atomic mass is 9.99. The van der Waals surface area contributed by atoms with Gasteiger partial charge in [-0.25, -0.2) is 0 Å². The molecule has 2 aromatic rings. The number of ketones is 1. The lowest BCUT2D eigenvalue weighted by Crippen LogP contribution is -2.07. The van der Waals surface area contributed by atoms with E-state index in [1.807, 2.05) is 55.5 Å². The van der Waals surface area contributed by atoms with E-state index in [1.54, 1.807) is 0 Å². The molecule has 1 saturated heterocycles. The highest BCUT2D eigenvalue weighted by Gasteiger charge is 2.23. The Labute approximate surface area is 118 Å². The first kappa shape index (κ1) is 12.9. The highest BCUT2D eigenvalue weighted by Crippen LogP contribution is 2.21. The first-order valence-electron chi connectivity index (χ1n) is 6.69. The number of carbonyl (C=O) groups is 1. The van der Waals surface area contributed by atoms with E-state index < -0.39 is 0 Å². The molecule has 3 nitrogen and oxygen atoms in total. The van der Waals surface area contributed by atoms with Gasteiger partial charge in [-0.2, -0.15) is 0 Å². The van der Waals surface area contributed by atoms with Crippen LogP contribution < -0.4 is 4.74 Å². The predicted molar refractivity (Wildman–Crippen MR) is 76.3 cm³/mol. The number of aryl methyl sites for hydroxylation is 1. The van der Waals surface area contributed by atoms with Gasteiger partial charge in [-0.05, 0) is 24.6 Å². The third kappa shape index (κ3) is 2.89. The van der Waals surface area contributed by atoms with E-state index in [0.29, 0.717) is 23.5 Å². The molecule has 0 radical (unpaired) electrons. The summed E-state index contributed by atoms with van der Waals surface area (Å²) in [6.07, 6.45) is 0.213. The van der Waals surface area contributed by atoms with Gasteiger partial charge in [0.25, 0.3) is 0 Å². The molecule has 0 N–H and O–H groups in total. The number of rotatable bonds is 5. The Hall–Kier alpha value is -2.13. The maximum absolute atomic E-state index is 12.5. The predicted octanol–water partition coefficient (Wildman–Crippen LogP) is 3.00. The molecule has 1 aliphatic rings. The summed E-state index contributed by atoms with van der Waals surface area (Å²) in [5.74, 6) is 0.738. The standard InChI is InChI=1S/C17H16O3/c1-12-7-8-14(19-10-15-11-20-15)9-16(12)17(18)13-5-3-2-4-6-13/h2-9,15H,10-11H2,1H3. The Morgan fingerprint density at radius 2 is 2.00 bits per heavy atom. The van der Waals surface area contributed by atoms with Gasteiger partial charge in [0, 0.05) is 11.1 Å². The molecule has 102 valence electrons. The van der Waals surface area contributed by atoms with Crippen molar-refractivity contribution in [2.75, 3.05) is 13.2 Å². The molecule has 3 heteroatoms. The summed E-state index contributed by atoms with van der Waals surface area (Å²) < 4.78 is 10.7. The Morgan fingerprint density at radius 3 is 2.70 bits per heavy atom. The average Bonchev–Trinajstić information content (AvgIpc) is 3.31.